The first-order valence-electron chi connectivity index (χ1n) is 5.80. The lowest BCUT2D eigenvalue weighted by Crippen LogP contribution is -2.19. The standard InChI is InChI=1S/C12H18N2O4S2/c1-13-9(11(15)17-3)5-7-19-20-8-6-10(14-2)12(16)18-4/h1-2,9-10H,5-8H2,3-4H3/q+2/t9-,10-/m0/s1. The highest BCUT2D eigenvalue weighted by Crippen LogP contribution is 2.25. The molecule has 0 radical (unpaired) electrons. The number of esters is 2. The van der Waals surface area contributed by atoms with Gasteiger partial charge in [0.25, 0.3) is 13.1 Å². The van der Waals surface area contributed by atoms with E-state index < -0.39 is 24.0 Å². The van der Waals surface area contributed by atoms with Gasteiger partial charge in [-0.15, -0.1) is 0 Å². The van der Waals surface area contributed by atoms with E-state index in [-0.39, 0.29) is 0 Å². The van der Waals surface area contributed by atoms with Gasteiger partial charge in [0.15, 0.2) is 0 Å². The Morgan fingerprint density at radius 1 is 0.950 bits per heavy atom. The first-order chi connectivity index (χ1) is 9.60. The molecule has 0 spiro atoms. The van der Waals surface area contributed by atoms with Gasteiger partial charge in [-0.3, -0.25) is 0 Å². The number of carbonyl (C=O) groups excluding carboxylic acids is 2. The van der Waals surface area contributed by atoms with Gasteiger partial charge in [0.05, 0.1) is 14.2 Å². The van der Waals surface area contributed by atoms with Crippen LogP contribution in [-0.4, -0.2) is 49.7 Å². The predicted octanol–water partition coefficient (Wildman–Crippen LogP) is 2.16. The Bertz CT molecular complexity index is 365. The molecule has 0 aromatic carbocycles. The van der Waals surface area contributed by atoms with Crippen molar-refractivity contribution in [1.82, 2.24) is 0 Å². The monoisotopic (exact) mass is 318 g/mol. The highest BCUT2D eigenvalue weighted by atomic mass is 33.1. The fourth-order valence-corrected chi connectivity index (χ4v) is 3.38. The Morgan fingerprint density at radius 3 is 1.55 bits per heavy atom. The fraction of sp³-hybridized carbons (Fsp3) is 0.667. The molecule has 8 heteroatoms. The average Bonchev–Trinajstić information content (AvgIpc) is 2.48. The van der Waals surface area contributed by atoms with E-state index in [1.165, 1.54) is 14.2 Å². The van der Waals surface area contributed by atoms with Gasteiger partial charge in [0.1, 0.15) is 0 Å². The first kappa shape index (κ1) is 18.6. The summed E-state index contributed by atoms with van der Waals surface area (Å²) in [6.45, 7) is 10.3. The molecule has 2 atom stereocenters. The molecule has 0 rings (SSSR count). The van der Waals surface area contributed by atoms with E-state index in [1.54, 1.807) is 21.6 Å². The van der Waals surface area contributed by atoms with E-state index in [0.717, 1.165) is 0 Å². The third-order valence-corrected chi connectivity index (χ3v) is 4.81. The van der Waals surface area contributed by atoms with Crippen LogP contribution in [0.3, 0.4) is 0 Å². The minimum atomic E-state index is -0.630. The summed E-state index contributed by atoms with van der Waals surface area (Å²) in [5, 5.41) is 0. The molecule has 0 unspecified atom stereocenters. The SMILES string of the molecule is C#[N+][C@@H](CCSSCC[C@H]([N+]#C)C(=O)OC)C(=O)OC. The second kappa shape index (κ2) is 11.4. The maximum absolute atomic E-state index is 11.2. The van der Waals surface area contributed by atoms with Gasteiger partial charge in [-0.05, 0) is 0 Å². The van der Waals surface area contributed by atoms with Gasteiger partial charge < -0.3 is 9.47 Å². The van der Waals surface area contributed by atoms with Crippen molar-refractivity contribution in [3.8, 4) is 13.1 Å². The molecule has 6 nitrogen and oxygen atoms in total. The smallest absolute Gasteiger partial charge is 0.394 e. The Morgan fingerprint density at radius 2 is 1.30 bits per heavy atom. The van der Waals surface area contributed by atoms with Gasteiger partial charge >= 0.3 is 24.0 Å². The quantitative estimate of drug-likeness (QED) is 0.369. The molecule has 0 aromatic heterocycles. The van der Waals surface area contributed by atoms with Crippen molar-refractivity contribution in [3.63, 3.8) is 0 Å². The van der Waals surface area contributed by atoms with E-state index in [9.17, 15) is 9.59 Å². The summed E-state index contributed by atoms with van der Waals surface area (Å²) in [6, 6.07) is -1.26. The highest BCUT2D eigenvalue weighted by molar-refractivity contribution is 8.76. The molecule has 0 saturated heterocycles. The van der Waals surface area contributed by atoms with Crippen molar-refractivity contribution in [2.24, 2.45) is 0 Å². The summed E-state index contributed by atoms with van der Waals surface area (Å²) in [4.78, 5) is 29.3. The van der Waals surface area contributed by atoms with E-state index in [2.05, 4.69) is 19.2 Å². The van der Waals surface area contributed by atoms with E-state index >= 15 is 0 Å². The number of hydrogen-bond acceptors (Lipinski definition) is 6. The first-order valence-corrected chi connectivity index (χ1v) is 8.29. The summed E-state index contributed by atoms with van der Waals surface area (Å²) in [7, 11) is 5.71. The summed E-state index contributed by atoms with van der Waals surface area (Å²) in [5.41, 5.74) is 0. The Kier molecular flexibility index (Phi) is 10.7. The summed E-state index contributed by atoms with van der Waals surface area (Å²) >= 11 is 0. The van der Waals surface area contributed by atoms with Crippen LogP contribution in [0.2, 0.25) is 0 Å². The van der Waals surface area contributed by atoms with Crippen molar-refractivity contribution < 1.29 is 19.1 Å². The second-order valence-electron chi connectivity index (χ2n) is 3.60. The Labute approximate surface area is 126 Å². The Hall–Kier alpha value is -1.38. The van der Waals surface area contributed by atoms with E-state index in [0.29, 0.717) is 24.3 Å². The molecule has 0 fully saturated rings. The fourth-order valence-electron chi connectivity index (χ4n) is 1.22. The molecular formula is C12H18N2O4S2+2. The van der Waals surface area contributed by atoms with Crippen LogP contribution in [0.1, 0.15) is 12.8 Å². The lowest BCUT2D eigenvalue weighted by atomic mass is 10.2. The number of methoxy groups -OCH3 is 2. The van der Waals surface area contributed by atoms with Crippen LogP contribution in [-0.2, 0) is 19.1 Å². The summed E-state index contributed by atoms with van der Waals surface area (Å²) in [6.07, 6.45) is 1.01. The lowest BCUT2D eigenvalue weighted by molar-refractivity contribution is -0.142. The molecular weight excluding hydrogens is 300 g/mol. The molecule has 20 heavy (non-hydrogen) atoms. The molecule has 0 aromatic rings. The van der Waals surface area contributed by atoms with Crippen LogP contribution in [0, 0.1) is 13.1 Å². The number of hydrogen-bond donors (Lipinski definition) is 0. The van der Waals surface area contributed by atoms with Crippen LogP contribution >= 0.6 is 21.6 Å². The summed E-state index contributed by atoms with van der Waals surface area (Å²) in [5.74, 6) is 0.498. The third-order valence-electron chi connectivity index (χ3n) is 2.34. The lowest BCUT2D eigenvalue weighted by Gasteiger charge is -2.02. The number of nitrogens with zero attached hydrogens (tertiary/aromatic N) is 2. The van der Waals surface area contributed by atoms with Crippen molar-refractivity contribution in [1.29, 1.82) is 0 Å². The molecule has 0 aliphatic carbocycles. The minimum absolute atomic E-state index is 0.439. The number of rotatable bonds is 9. The number of ether oxygens (including phenoxy) is 2. The second-order valence-corrected chi connectivity index (χ2v) is 6.30. The number of carbonyl (C=O) groups is 2. The zero-order valence-corrected chi connectivity index (χ0v) is 13.1. The van der Waals surface area contributed by atoms with Gasteiger partial charge in [0, 0.05) is 24.3 Å². The third kappa shape index (κ3) is 7.27. The largest absolute Gasteiger partial charge is 0.463 e. The highest BCUT2D eigenvalue weighted by Gasteiger charge is 2.28. The maximum atomic E-state index is 11.2. The average molecular weight is 318 g/mol. The zero-order valence-electron chi connectivity index (χ0n) is 11.5. The molecule has 0 bridgehead atoms. The van der Waals surface area contributed by atoms with Gasteiger partial charge in [-0.25, -0.2) is 9.59 Å². The summed E-state index contributed by atoms with van der Waals surface area (Å²) < 4.78 is 9.12. The van der Waals surface area contributed by atoms with Gasteiger partial charge in [-0.1, -0.05) is 31.3 Å². The van der Waals surface area contributed by atoms with Crippen LogP contribution in [0.5, 0.6) is 0 Å². The predicted molar refractivity (Wildman–Crippen MR) is 82.4 cm³/mol. The zero-order chi connectivity index (χ0) is 15.4. The van der Waals surface area contributed by atoms with Crippen molar-refractivity contribution in [3.05, 3.63) is 9.69 Å². The molecule has 0 aliphatic rings. The van der Waals surface area contributed by atoms with Crippen molar-refractivity contribution in [2.45, 2.75) is 24.9 Å². The van der Waals surface area contributed by atoms with Crippen LogP contribution < -0.4 is 0 Å². The Balaban J connectivity index is 3.78. The molecule has 110 valence electrons. The van der Waals surface area contributed by atoms with Crippen molar-refractivity contribution >= 4 is 33.5 Å². The van der Waals surface area contributed by atoms with Crippen molar-refractivity contribution in [2.75, 3.05) is 25.7 Å². The van der Waals surface area contributed by atoms with E-state index in [4.69, 9.17) is 13.1 Å². The van der Waals surface area contributed by atoms with Crippen LogP contribution in [0.25, 0.3) is 9.69 Å². The van der Waals surface area contributed by atoms with Crippen LogP contribution in [0.15, 0.2) is 0 Å². The normalized spacial score (nSPS) is 12.6. The molecule has 0 heterocycles. The molecule has 0 saturated carbocycles. The molecule has 0 aliphatic heterocycles. The van der Waals surface area contributed by atoms with Gasteiger partial charge in [-0.2, -0.15) is 0 Å². The van der Waals surface area contributed by atoms with Crippen LogP contribution in [0.4, 0.5) is 0 Å². The molecule has 0 amide bonds. The topological polar surface area (TPSA) is 61.3 Å². The van der Waals surface area contributed by atoms with E-state index in [1.807, 2.05) is 0 Å². The molecule has 0 N–H and O–H groups in total. The maximum Gasteiger partial charge on any atom is 0.394 e. The minimum Gasteiger partial charge on any atom is -0.463 e. The van der Waals surface area contributed by atoms with Gasteiger partial charge in [0.2, 0.25) is 0 Å².